The van der Waals surface area contributed by atoms with Crippen LogP contribution in [-0.4, -0.2) is 36.6 Å². The summed E-state index contributed by atoms with van der Waals surface area (Å²) in [5, 5.41) is 8.28. The second-order valence-electron chi connectivity index (χ2n) is 8.15. The monoisotopic (exact) mass is 491 g/mol. The van der Waals surface area contributed by atoms with E-state index >= 15 is 0 Å². The fourth-order valence-electron chi connectivity index (χ4n) is 3.67. The van der Waals surface area contributed by atoms with Gasteiger partial charge in [0.1, 0.15) is 0 Å². The predicted octanol–water partition coefficient (Wildman–Crippen LogP) is 4.33. The quantitative estimate of drug-likeness (QED) is 0.239. The van der Waals surface area contributed by atoms with E-state index in [-0.39, 0.29) is 36.3 Å². The Bertz CT molecular complexity index is 1400. The van der Waals surface area contributed by atoms with Crippen molar-refractivity contribution in [3.8, 4) is 0 Å². The summed E-state index contributed by atoms with van der Waals surface area (Å²) < 4.78 is 0. The van der Waals surface area contributed by atoms with E-state index in [1.165, 1.54) is 0 Å². The highest BCUT2D eigenvalue weighted by Crippen LogP contribution is 2.17. The first-order valence-electron chi connectivity index (χ1n) is 11.7. The zero-order chi connectivity index (χ0) is 26.0. The minimum absolute atomic E-state index is 0.206. The molecule has 0 saturated carbocycles. The van der Waals surface area contributed by atoms with E-state index < -0.39 is 5.91 Å². The van der Waals surface area contributed by atoms with E-state index in [0.29, 0.717) is 27.9 Å². The molecule has 0 aliphatic heterocycles. The van der Waals surface area contributed by atoms with E-state index in [4.69, 9.17) is 0 Å². The maximum atomic E-state index is 12.9. The topological polar surface area (TPSA) is 104 Å². The Labute approximate surface area is 214 Å². The summed E-state index contributed by atoms with van der Waals surface area (Å²) in [6.45, 7) is 0.552. The number of carbonyl (C=O) groups is 4. The van der Waals surface area contributed by atoms with Gasteiger partial charge in [0.25, 0.3) is 17.7 Å². The summed E-state index contributed by atoms with van der Waals surface area (Å²) in [6, 6.07) is 30.7. The van der Waals surface area contributed by atoms with Crippen molar-refractivity contribution in [3.63, 3.8) is 0 Å². The van der Waals surface area contributed by atoms with Crippen molar-refractivity contribution >= 4 is 29.2 Å². The average molecular weight is 492 g/mol. The molecular formula is C30H25N3O4. The Morgan fingerprint density at radius 3 is 1.49 bits per heavy atom. The first-order chi connectivity index (χ1) is 18.0. The summed E-state index contributed by atoms with van der Waals surface area (Å²) in [5.41, 5.74) is 2.51. The summed E-state index contributed by atoms with van der Waals surface area (Å²) in [7, 11) is 0. The van der Waals surface area contributed by atoms with Crippen molar-refractivity contribution < 1.29 is 19.2 Å². The van der Waals surface area contributed by atoms with E-state index in [1.54, 1.807) is 97.1 Å². The highest BCUT2D eigenvalue weighted by Gasteiger charge is 2.18. The van der Waals surface area contributed by atoms with Crippen molar-refractivity contribution in [1.29, 1.82) is 0 Å². The van der Waals surface area contributed by atoms with Crippen LogP contribution >= 0.6 is 0 Å². The van der Waals surface area contributed by atoms with Gasteiger partial charge in [-0.15, -0.1) is 0 Å². The van der Waals surface area contributed by atoms with Gasteiger partial charge >= 0.3 is 0 Å². The zero-order valence-electron chi connectivity index (χ0n) is 19.9. The molecule has 0 bridgehead atoms. The number of benzene rings is 4. The van der Waals surface area contributed by atoms with Gasteiger partial charge in [-0.3, -0.25) is 19.2 Å². The highest BCUT2D eigenvalue weighted by atomic mass is 16.2. The van der Waals surface area contributed by atoms with Crippen LogP contribution < -0.4 is 16.0 Å². The number of rotatable bonds is 9. The van der Waals surface area contributed by atoms with Gasteiger partial charge in [0.15, 0.2) is 5.78 Å². The van der Waals surface area contributed by atoms with Gasteiger partial charge in [-0.1, -0.05) is 66.7 Å². The average Bonchev–Trinajstić information content (AvgIpc) is 2.96. The maximum Gasteiger partial charge on any atom is 0.256 e. The van der Waals surface area contributed by atoms with Gasteiger partial charge in [0.05, 0.1) is 5.56 Å². The third kappa shape index (κ3) is 6.55. The smallest absolute Gasteiger partial charge is 0.256 e. The maximum absolute atomic E-state index is 12.9. The Balaban J connectivity index is 1.31. The largest absolute Gasteiger partial charge is 0.350 e. The fraction of sp³-hybridized carbons (Fsp3) is 0.0667. The number of nitrogens with one attached hydrogen (secondary N) is 3. The minimum Gasteiger partial charge on any atom is -0.350 e. The van der Waals surface area contributed by atoms with Crippen LogP contribution in [0.2, 0.25) is 0 Å². The number of anilines is 1. The van der Waals surface area contributed by atoms with Crippen molar-refractivity contribution in [2.45, 2.75) is 0 Å². The Morgan fingerprint density at radius 1 is 0.459 bits per heavy atom. The van der Waals surface area contributed by atoms with Crippen molar-refractivity contribution in [1.82, 2.24) is 10.6 Å². The van der Waals surface area contributed by atoms with Crippen LogP contribution in [0.1, 0.15) is 47.0 Å². The summed E-state index contributed by atoms with van der Waals surface area (Å²) >= 11 is 0. The third-order valence-electron chi connectivity index (χ3n) is 5.59. The number of hydrogen-bond donors (Lipinski definition) is 3. The minimum atomic E-state index is -0.425. The van der Waals surface area contributed by atoms with Crippen molar-refractivity contribution in [2.24, 2.45) is 0 Å². The molecule has 0 saturated heterocycles. The SMILES string of the molecule is O=C(NCCNC(=O)c1ccc(NC(=O)c2ccccc2C(=O)c2ccccc2)cc1)c1ccccc1. The van der Waals surface area contributed by atoms with E-state index in [9.17, 15) is 19.2 Å². The van der Waals surface area contributed by atoms with E-state index in [1.807, 2.05) is 12.1 Å². The predicted molar refractivity (Wildman–Crippen MR) is 142 cm³/mol. The number of amides is 3. The Hall–Kier alpha value is -5.04. The van der Waals surface area contributed by atoms with E-state index in [0.717, 1.165) is 0 Å². The van der Waals surface area contributed by atoms with Gasteiger partial charge in [-0.05, 0) is 42.5 Å². The molecule has 0 fully saturated rings. The fourth-order valence-corrected chi connectivity index (χ4v) is 3.67. The molecule has 37 heavy (non-hydrogen) atoms. The van der Waals surface area contributed by atoms with E-state index in [2.05, 4.69) is 16.0 Å². The molecule has 4 rings (SSSR count). The molecule has 0 aromatic heterocycles. The molecule has 0 heterocycles. The van der Waals surface area contributed by atoms with Crippen LogP contribution in [0.25, 0.3) is 0 Å². The second-order valence-corrected chi connectivity index (χ2v) is 8.15. The molecule has 3 N–H and O–H groups in total. The van der Waals surface area contributed by atoms with Gasteiger partial charge < -0.3 is 16.0 Å². The normalized spacial score (nSPS) is 10.3. The van der Waals surface area contributed by atoms with Crippen LogP contribution in [0.15, 0.2) is 109 Å². The first-order valence-corrected chi connectivity index (χ1v) is 11.7. The highest BCUT2D eigenvalue weighted by molar-refractivity contribution is 6.17. The zero-order valence-corrected chi connectivity index (χ0v) is 19.9. The summed E-state index contributed by atoms with van der Waals surface area (Å²) in [4.78, 5) is 50.3. The Morgan fingerprint density at radius 2 is 0.919 bits per heavy atom. The van der Waals surface area contributed by atoms with Crippen molar-refractivity contribution in [2.75, 3.05) is 18.4 Å². The van der Waals surface area contributed by atoms with Crippen LogP contribution in [0.4, 0.5) is 5.69 Å². The molecule has 184 valence electrons. The Kier molecular flexibility index (Phi) is 8.18. The lowest BCUT2D eigenvalue weighted by Crippen LogP contribution is -2.34. The molecular weight excluding hydrogens is 466 g/mol. The van der Waals surface area contributed by atoms with Gasteiger partial charge in [0, 0.05) is 41.0 Å². The molecule has 0 spiro atoms. The molecule has 0 aliphatic carbocycles. The molecule has 4 aromatic rings. The lowest BCUT2D eigenvalue weighted by molar-refractivity contribution is 0.0927. The molecule has 0 radical (unpaired) electrons. The molecule has 0 unspecified atom stereocenters. The molecule has 4 aromatic carbocycles. The van der Waals surface area contributed by atoms with Crippen LogP contribution in [0.5, 0.6) is 0 Å². The second kappa shape index (κ2) is 12.1. The lowest BCUT2D eigenvalue weighted by atomic mass is 9.98. The molecule has 3 amide bonds. The van der Waals surface area contributed by atoms with Crippen LogP contribution in [-0.2, 0) is 0 Å². The number of carbonyl (C=O) groups excluding carboxylic acids is 4. The molecule has 0 atom stereocenters. The summed E-state index contributed by atoms with van der Waals surface area (Å²) in [5.74, 6) is -1.17. The summed E-state index contributed by atoms with van der Waals surface area (Å²) in [6.07, 6.45) is 0. The van der Waals surface area contributed by atoms with Crippen molar-refractivity contribution in [3.05, 3.63) is 137 Å². The van der Waals surface area contributed by atoms with Gasteiger partial charge in [-0.2, -0.15) is 0 Å². The molecule has 7 nitrogen and oxygen atoms in total. The van der Waals surface area contributed by atoms with Crippen LogP contribution in [0.3, 0.4) is 0 Å². The third-order valence-corrected chi connectivity index (χ3v) is 5.59. The first kappa shape index (κ1) is 25.1. The lowest BCUT2D eigenvalue weighted by Gasteiger charge is -2.11. The number of hydrogen-bond acceptors (Lipinski definition) is 4. The van der Waals surface area contributed by atoms with Gasteiger partial charge in [-0.25, -0.2) is 0 Å². The van der Waals surface area contributed by atoms with Crippen LogP contribution in [0, 0.1) is 0 Å². The molecule has 0 aliphatic rings. The number of ketones is 1. The standard InChI is InChI=1S/C30H25N3O4/c34-27(21-9-3-1-4-10-21)25-13-7-8-14-26(25)30(37)33-24-17-15-23(16-18-24)29(36)32-20-19-31-28(35)22-11-5-2-6-12-22/h1-18H,19-20H2,(H,31,35)(H,32,36)(H,33,37). The molecule has 7 heteroatoms. The van der Waals surface area contributed by atoms with Gasteiger partial charge in [0.2, 0.25) is 0 Å².